The Bertz CT molecular complexity index is 49.0. The molecule has 0 aliphatic heterocycles. The summed E-state index contributed by atoms with van der Waals surface area (Å²) in [6.45, 7) is 3.81. The molecule has 0 rings (SSSR count). The Labute approximate surface area is 59.9 Å². The molecule has 40 valence electrons. The number of halogens is 1. The van der Waals surface area contributed by atoms with E-state index in [1.54, 1.807) is 6.92 Å². The average Bonchev–Trinajstić information content (AvgIpc) is 1.65. The van der Waals surface area contributed by atoms with E-state index in [-0.39, 0.29) is 6.10 Å². The molecule has 0 aromatic heterocycles. The van der Waals surface area contributed by atoms with Crippen LogP contribution in [-0.4, -0.2) is 11.2 Å². The average molecular weight is 309 g/mol. The molecule has 0 aliphatic carbocycles. The van der Waals surface area contributed by atoms with Gasteiger partial charge in [0, 0.05) is 0 Å². The van der Waals surface area contributed by atoms with Crippen molar-refractivity contribution in [2.45, 2.75) is 23.4 Å². The third kappa shape index (κ3) is 3.74. The first-order valence-corrected chi connectivity index (χ1v) is 12.4. The molecular weight excluding hydrogens is 300 g/mol. The molecule has 0 aliphatic rings. The van der Waals surface area contributed by atoms with Crippen molar-refractivity contribution in [2.75, 3.05) is 0 Å². The van der Waals surface area contributed by atoms with Crippen LogP contribution in [0.15, 0.2) is 0 Å². The van der Waals surface area contributed by atoms with Gasteiger partial charge in [0.05, 0.1) is 0 Å². The fraction of sp³-hybridized carbons (Fsp3) is 1.00. The van der Waals surface area contributed by atoms with Gasteiger partial charge in [0.25, 0.3) is 0 Å². The molecule has 3 heteroatoms. The van der Waals surface area contributed by atoms with E-state index in [9.17, 15) is 0 Å². The monoisotopic (exact) mass is 310 g/mol. The van der Waals surface area contributed by atoms with Crippen LogP contribution in [0.2, 0.25) is 3.43 Å². The molecule has 0 radical (unpaired) electrons. The molecule has 1 N–H and O–H groups in total. The molecule has 0 amide bonds. The fourth-order valence-electron chi connectivity index (χ4n) is 0.129. The maximum atomic E-state index is 8.79. The molecule has 0 saturated carbocycles. The molecule has 7 heavy (non-hydrogen) atoms. The number of aliphatic hydroxyl groups excluding tert-OH is 1. The van der Waals surface area contributed by atoms with Crippen LogP contribution < -0.4 is 0 Å². The van der Waals surface area contributed by atoms with E-state index in [0.29, 0.717) is 3.43 Å². The molecule has 0 fully saturated rings. The maximum absolute atomic E-state index is 8.79. The number of hydrogen-bond donors (Lipinski definition) is 1. The van der Waals surface area contributed by atoms with E-state index in [2.05, 4.69) is 0 Å². The van der Waals surface area contributed by atoms with Crippen LogP contribution in [0.3, 0.4) is 0 Å². The zero-order valence-electron chi connectivity index (χ0n) is 4.69. The summed E-state index contributed by atoms with van der Waals surface area (Å²) in [5, 5.41) is 8.79. The summed E-state index contributed by atoms with van der Waals surface area (Å²) in [7, 11) is 5.61. The van der Waals surface area contributed by atoms with Crippen LogP contribution in [0.25, 0.3) is 0 Å². The molecule has 1 nitrogen and oxygen atoms in total. The van der Waals surface area contributed by atoms with Gasteiger partial charge < -0.3 is 0 Å². The Hall–Kier alpha value is 1.19. The van der Waals surface area contributed by atoms with E-state index in [4.69, 9.17) is 13.4 Å². The summed E-state index contributed by atoms with van der Waals surface area (Å²) in [6, 6.07) is 0. The normalized spacial score (nSPS) is 17.7. The number of hydrogen-bond acceptors (Lipinski definition) is 1. The Morgan fingerprint density at radius 2 is 2.00 bits per heavy atom. The van der Waals surface area contributed by atoms with Gasteiger partial charge in [-0.05, 0) is 0 Å². The Morgan fingerprint density at radius 3 is 2.00 bits per heavy atom. The Kier molecular flexibility index (Phi) is 4.80. The van der Waals surface area contributed by atoms with Crippen LogP contribution in [-0.2, 0) is 23.3 Å². The third-order valence-electron chi connectivity index (χ3n) is 1.07. The molecule has 0 unspecified atom stereocenters. The van der Waals surface area contributed by atoms with Gasteiger partial charge in [0.2, 0.25) is 0 Å². The molecule has 0 heterocycles. The fourth-order valence-corrected chi connectivity index (χ4v) is 3.39. The van der Waals surface area contributed by atoms with E-state index in [0.717, 1.165) is 0 Å². The first-order valence-electron chi connectivity index (χ1n) is 2.42. The van der Waals surface area contributed by atoms with Crippen molar-refractivity contribution >= 4 is 8.25 Å². The second kappa shape index (κ2) is 4.10. The summed E-state index contributed by atoms with van der Waals surface area (Å²) < 4.78 is 0.446. The van der Waals surface area contributed by atoms with Gasteiger partial charge in [-0.2, -0.15) is 0 Å². The van der Waals surface area contributed by atoms with Gasteiger partial charge in [-0.3, -0.25) is 0 Å². The molecular formula is C4H9ClHgO. The second-order valence-corrected chi connectivity index (χ2v) is 10.8. The summed E-state index contributed by atoms with van der Waals surface area (Å²) in [6.07, 6.45) is -0.167. The second-order valence-electron chi connectivity index (χ2n) is 1.87. The van der Waals surface area contributed by atoms with Crippen molar-refractivity contribution in [1.29, 1.82) is 0 Å². The first kappa shape index (κ1) is 8.19. The topological polar surface area (TPSA) is 20.2 Å². The van der Waals surface area contributed by atoms with Gasteiger partial charge in [-0.25, -0.2) is 0 Å². The van der Waals surface area contributed by atoms with Gasteiger partial charge >= 0.3 is 60.1 Å². The zero-order chi connectivity index (χ0) is 5.86. The summed E-state index contributed by atoms with van der Waals surface area (Å²) in [5.74, 6) is 0. The van der Waals surface area contributed by atoms with Crippen LogP contribution in [0, 0.1) is 0 Å². The molecule has 2 atom stereocenters. The van der Waals surface area contributed by atoms with Crippen molar-refractivity contribution in [3.8, 4) is 0 Å². The predicted molar refractivity (Wildman–Crippen MR) is 27.0 cm³/mol. The van der Waals surface area contributed by atoms with E-state index in [1.807, 2.05) is 6.92 Å². The van der Waals surface area contributed by atoms with Crippen molar-refractivity contribution < 1.29 is 28.4 Å². The van der Waals surface area contributed by atoms with Crippen molar-refractivity contribution in [1.82, 2.24) is 0 Å². The Morgan fingerprint density at radius 1 is 1.57 bits per heavy atom. The molecule has 0 aromatic carbocycles. The van der Waals surface area contributed by atoms with E-state index >= 15 is 0 Å². The third-order valence-corrected chi connectivity index (χ3v) is 9.88. The number of rotatable bonds is 2. The van der Waals surface area contributed by atoms with Crippen molar-refractivity contribution in [3.05, 3.63) is 0 Å². The van der Waals surface area contributed by atoms with Crippen LogP contribution in [0.5, 0.6) is 0 Å². The minimum absolute atomic E-state index is 0.167. The van der Waals surface area contributed by atoms with Crippen LogP contribution >= 0.6 is 8.25 Å². The van der Waals surface area contributed by atoms with Gasteiger partial charge in [0.1, 0.15) is 0 Å². The summed E-state index contributed by atoms with van der Waals surface area (Å²) >= 11 is -1.10. The summed E-state index contributed by atoms with van der Waals surface area (Å²) in [5.41, 5.74) is 0. The predicted octanol–water partition coefficient (Wildman–Crippen LogP) is 1.41. The van der Waals surface area contributed by atoms with E-state index in [1.165, 1.54) is 0 Å². The van der Waals surface area contributed by atoms with Crippen molar-refractivity contribution in [2.24, 2.45) is 0 Å². The Balaban J connectivity index is 3.14. The van der Waals surface area contributed by atoms with Gasteiger partial charge in [0.15, 0.2) is 0 Å². The van der Waals surface area contributed by atoms with Gasteiger partial charge in [-0.1, -0.05) is 0 Å². The van der Waals surface area contributed by atoms with Crippen LogP contribution in [0.4, 0.5) is 0 Å². The summed E-state index contributed by atoms with van der Waals surface area (Å²) in [4.78, 5) is 0. The van der Waals surface area contributed by atoms with E-state index < -0.39 is 23.3 Å². The molecule has 0 aromatic rings. The zero-order valence-corrected chi connectivity index (χ0v) is 10.9. The first-order chi connectivity index (χ1) is 3.18. The quantitative estimate of drug-likeness (QED) is 0.765. The van der Waals surface area contributed by atoms with Crippen molar-refractivity contribution in [3.63, 3.8) is 0 Å². The number of aliphatic hydroxyl groups is 1. The SMILES string of the molecule is C[C@H]([Hg][Cl])[C@@H](C)O. The minimum atomic E-state index is -1.10. The van der Waals surface area contributed by atoms with Crippen LogP contribution in [0.1, 0.15) is 13.8 Å². The molecule has 0 spiro atoms. The molecule has 0 bridgehead atoms. The van der Waals surface area contributed by atoms with Gasteiger partial charge in [-0.15, -0.1) is 0 Å². The molecule has 0 saturated heterocycles. The standard InChI is InChI=1S/C4H9O.ClH.Hg/c1-3-4(2)5;;/h3-5H,1-2H3;1H;/q;;+1/p-1/t4-;;/m1../s1.